The summed E-state index contributed by atoms with van der Waals surface area (Å²) in [7, 11) is -6.22. The van der Waals surface area contributed by atoms with E-state index in [1.807, 2.05) is 0 Å². The van der Waals surface area contributed by atoms with Gasteiger partial charge in [-0.25, -0.2) is 28.0 Å². The van der Waals surface area contributed by atoms with Crippen LogP contribution in [0.4, 0.5) is 0 Å². The van der Waals surface area contributed by atoms with Crippen molar-refractivity contribution in [3.8, 4) is 0 Å². The minimum atomic E-state index is -2.07. The molecule has 0 aliphatic carbocycles. The molecule has 6 fully saturated rings. The van der Waals surface area contributed by atoms with Crippen LogP contribution in [0.15, 0.2) is 13.5 Å². The lowest BCUT2D eigenvalue weighted by molar-refractivity contribution is 0.667. The molecule has 30 heavy (non-hydrogen) atoms. The Balaban J connectivity index is 1.53. The first kappa shape index (κ1) is 19.9. The van der Waals surface area contributed by atoms with E-state index in [9.17, 15) is 0 Å². The van der Waals surface area contributed by atoms with Gasteiger partial charge in [0.1, 0.15) is 0 Å². The smallest absolute Gasteiger partial charge is 0.221 e. The van der Waals surface area contributed by atoms with Gasteiger partial charge in [-0.15, -0.1) is 0 Å². The highest BCUT2D eigenvalue weighted by atomic mass is 31.3. The van der Waals surface area contributed by atoms with Crippen LogP contribution in [0, 0.1) is 0 Å². The van der Waals surface area contributed by atoms with Crippen molar-refractivity contribution in [1.82, 2.24) is 28.0 Å². The molecule has 0 radical (unpaired) electrons. The van der Waals surface area contributed by atoms with E-state index in [0.717, 1.165) is 39.3 Å². The Labute approximate surface area is 181 Å². The molecule has 7 rings (SSSR count). The molecular weight excluding hydrogens is 435 g/mol. The van der Waals surface area contributed by atoms with Crippen LogP contribution in [0.1, 0.15) is 41.5 Å². The minimum absolute atomic E-state index is 0.608. The summed E-state index contributed by atoms with van der Waals surface area (Å²) in [6.45, 7) is 21.1. The molecule has 12 atom stereocenters. The molecule has 0 aromatic carbocycles. The molecule has 9 nitrogen and oxygen atoms in total. The summed E-state index contributed by atoms with van der Waals surface area (Å²) >= 11 is 0. The fraction of sp³-hybridized carbons (Fsp3) is 1.00. The fourth-order valence-corrected chi connectivity index (χ4v) is 22.2. The minimum Gasteiger partial charge on any atom is -0.234 e. The second-order valence-corrected chi connectivity index (χ2v) is 19.2. The van der Waals surface area contributed by atoms with Gasteiger partial charge in [0.05, 0.1) is 0 Å². The first-order chi connectivity index (χ1) is 14.2. The van der Waals surface area contributed by atoms with Crippen molar-refractivity contribution in [2.24, 2.45) is 13.5 Å². The van der Waals surface area contributed by atoms with Gasteiger partial charge in [0.25, 0.3) is 0 Å². The summed E-state index contributed by atoms with van der Waals surface area (Å²) in [5.41, 5.74) is 0. The van der Waals surface area contributed by atoms with Crippen molar-refractivity contribution in [3.63, 3.8) is 0 Å². The van der Waals surface area contributed by atoms with Crippen LogP contribution >= 0.6 is 22.5 Å². The van der Waals surface area contributed by atoms with Gasteiger partial charge < -0.3 is 0 Å². The Hall–Kier alpha value is 0.450. The van der Waals surface area contributed by atoms with Crippen LogP contribution in [0.3, 0.4) is 0 Å². The molecule has 12 heteroatoms. The van der Waals surface area contributed by atoms with E-state index < -0.39 is 22.5 Å². The highest BCUT2D eigenvalue weighted by molar-refractivity contribution is 7.83. The van der Waals surface area contributed by atoms with Gasteiger partial charge in [0, 0.05) is 75.5 Å². The zero-order valence-electron chi connectivity index (χ0n) is 19.1. The van der Waals surface area contributed by atoms with Crippen LogP contribution in [0.25, 0.3) is 0 Å². The normalized spacial score (nSPS) is 69.4. The van der Waals surface area contributed by atoms with Crippen molar-refractivity contribution >= 4 is 22.5 Å². The zero-order valence-corrected chi connectivity index (χ0v) is 21.8. The molecule has 7 aliphatic rings. The van der Waals surface area contributed by atoms with E-state index in [-0.39, 0.29) is 0 Å². The van der Waals surface area contributed by atoms with E-state index in [2.05, 4.69) is 69.6 Å². The maximum Gasteiger partial charge on any atom is 0.221 e. The molecule has 0 aromatic rings. The monoisotopic (exact) mass is 471 g/mol. The van der Waals surface area contributed by atoms with Crippen molar-refractivity contribution in [3.05, 3.63) is 0 Å². The topological polar surface area (TPSA) is 55.1 Å². The molecule has 0 spiro atoms. The van der Waals surface area contributed by atoms with E-state index in [4.69, 9.17) is 13.5 Å². The number of hydrogen-bond acceptors (Lipinski definition) is 9. The molecule has 0 amide bonds. The van der Waals surface area contributed by atoms with Crippen molar-refractivity contribution in [2.45, 2.75) is 77.8 Å². The van der Waals surface area contributed by atoms with Crippen molar-refractivity contribution in [2.75, 3.05) is 39.3 Å². The van der Waals surface area contributed by atoms with E-state index >= 15 is 0 Å². The number of nitrogens with zero attached hydrogens (tertiary/aromatic N) is 9. The van der Waals surface area contributed by atoms with Gasteiger partial charge in [-0.1, -0.05) is 0 Å². The third-order valence-corrected chi connectivity index (χ3v) is 21.0. The van der Waals surface area contributed by atoms with Crippen LogP contribution in [0.2, 0.25) is 0 Å². The Kier molecular flexibility index (Phi) is 3.92. The van der Waals surface area contributed by atoms with Gasteiger partial charge >= 0.3 is 0 Å². The second-order valence-electron chi connectivity index (χ2n) is 10.7. The second kappa shape index (κ2) is 5.92. The third-order valence-electron chi connectivity index (χ3n) is 7.75. The lowest BCUT2D eigenvalue weighted by Crippen LogP contribution is -2.17. The average Bonchev–Trinajstić information content (AvgIpc) is 3.48. The molecule has 6 saturated heterocycles. The predicted octanol–water partition coefficient (Wildman–Crippen LogP) is 4.06. The lowest BCUT2D eigenvalue weighted by Gasteiger charge is -2.40. The molecule has 0 bridgehead atoms. The average molecular weight is 471 g/mol. The van der Waals surface area contributed by atoms with Crippen LogP contribution in [-0.4, -0.2) is 104 Å². The molecule has 0 aromatic heterocycles. The predicted molar refractivity (Wildman–Crippen MR) is 125 cm³/mol. The summed E-state index contributed by atoms with van der Waals surface area (Å²) in [4.78, 5) is 0. The highest BCUT2D eigenvalue weighted by Crippen LogP contribution is 2.89. The summed E-state index contributed by atoms with van der Waals surface area (Å²) in [6.07, 6.45) is 0. The summed E-state index contributed by atoms with van der Waals surface area (Å²) < 4.78 is 33.9. The Morgan fingerprint density at radius 1 is 0.400 bits per heavy atom. The molecule has 7 aliphatic heterocycles. The maximum atomic E-state index is 5.93. The third kappa shape index (κ3) is 2.62. The van der Waals surface area contributed by atoms with Crippen molar-refractivity contribution < 1.29 is 0 Å². The summed E-state index contributed by atoms with van der Waals surface area (Å²) in [6, 6.07) is 3.65. The van der Waals surface area contributed by atoms with E-state index in [0.29, 0.717) is 36.3 Å². The van der Waals surface area contributed by atoms with Crippen LogP contribution < -0.4 is 0 Å². The van der Waals surface area contributed by atoms with Gasteiger partial charge in [-0.05, 0) is 41.5 Å². The largest absolute Gasteiger partial charge is 0.234 e. The molecular formula is C18H36N9P3. The first-order valence-electron chi connectivity index (χ1n) is 11.8. The fourth-order valence-electron chi connectivity index (χ4n) is 5.18. The highest BCUT2D eigenvalue weighted by Gasteiger charge is 2.66. The van der Waals surface area contributed by atoms with Gasteiger partial charge in [0.2, 0.25) is 22.5 Å². The Bertz CT molecular complexity index is 795. The van der Waals surface area contributed by atoms with Crippen LogP contribution in [0.5, 0.6) is 0 Å². The Morgan fingerprint density at radius 2 is 0.533 bits per heavy atom. The molecule has 7 heterocycles. The molecule has 0 N–H and O–H groups in total. The summed E-state index contributed by atoms with van der Waals surface area (Å²) in [5.74, 6) is 0. The van der Waals surface area contributed by atoms with E-state index in [1.165, 1.54) is 0 Å². The lowest BCUT2D eigenvalue weighted by atomic mass is 10.6. The van der Waals surface area contributed by atoms with Gasteiger partial charge in [0.15, 0.2) is 0 Å². The maximum absolute atomic E-state index is 5.93. The van der Waals surface area contributed by atoms with Crippen molar-refractivity contribution in [1.29, 1.82) is 0 Å². The van der Waals surface area contributed by atoms with Gasteiger partial charge in [-0.3, -0.25) is 0 Å². The summed E-state index contributed by atoms with van der Waals surface area (Å²) in [5, 5.41) is 0. The van der Waals surface area contributed by atoms with Gasteiger partial charge in [-0.2, -0.15) is 13.5 Å². The van der Waals surface area contributed by atoms with E-state index in [1.54, 1.807) is 0 Å². The first-order valence-corrected chi connectivity index (χ1v) is 16.6. The quantitative estimate of drug-likeness (QED) is 0.430. The number of hydrogen-bond donors (Lipinski definition) is 0. The molecule has 0 saturated carbocycles. The molecule has 6 unspecified atom stereocenters. The molecule has 168 valence electrons. The number of rotatable bonds is 6. The zero-order chi connectivity index (χ0) is 20.8. The van der Waals surface area contributed by atoms with Crippen LogP contribution in [-0.2, 0) is 0 Å². The SMILES string of the molecule is C[C@@H]1CN1P1(N2C[C@@H]2C)=NP(N2C[C@H]2C)(N2C[C@@H]2C)=NP(N2C[C@H]2C)(N2C[C@@H]2C)=N1. The Morgan fingerprint density at radius 3 is 0.633 bits per heavy atom. The standard InChI is InChI=1S/C18H36N9P3/c1-13-7-22(13)28(23-8-14(23)2)19-29(24-9-15(24)3,25-10-16(25)4)21-30(20-28,26-11-17(26)5)27-12-18(27)6/h13-18H,7-12H2,1-6H3/t13-,14+,15-,16+,17-,18+,22?,23?,24?,25?,26?,27?,28?,29?,30?.